The molecule has 1 aliphatic carbocycles. The van der Waals surface area contributed by atoms with Crippen molar-refractivity contribution in [2.45, 2.75) is 25.7 Å². The summed E-state index contributed by atoms with van der Waals surface area (Å²) < 4.78 is 0. The first-order chi connectivity index (χ1) is 7.85. The van der Waals surface area contributed by atoms with Crippen molar-refractivity contribution in [1.82, 2.24) is 10.3 Å². The molecule has 0 radical (unpaired) electrons. The van der Waals surface area contributed by atoms with Gasteiger partial charge in [-0.15, -0.1) is 0 Å². The van der Waals surface area contributed by atoms with Crippen LogP contribution in [0.2, 0.25) is 0 Å². The third-order valence-corrected chi connectivity index (χ3v) is 3.20. The SMILES string of the molecule is N#CCC1(CNCCc2ccccn2)CC1. The van der Waals surface area contributed by atoms with Crippen LogP contribution in [0, 0.1) is 16.7 Å². The van der Waals surface area contributed by atoms with Crippen LogP contribution < -0.4 is 5.32 Å². The van der Waals surface area contributed by atoms with Crippen molar-refractivity contribution < 1.29 is 0 Å². The first-order valence-corrected chi connectivity index (χ1v) is 5.82. The molecule has 1 fully saturated rings. The minimum atomic E-state index is 0.304. The topological polar surface area (TPSA) is 48.7 Å². The Balaban J connectivity index is 1.65. The second kappa shape index (κ2) is 5.09. The van der Waals surface area contributed by atoms with E-state index in [-0.39, 0.29) is 0 Å². The third-order valence-electron chi connectivity index (χ3n) is 3.20. The zero-order chi connectivity index (χ0) is 11.3. The molecule has 1 aliphatic rings. The van der Waals surface area contributed by atoms with Gasteiger partial charge in [-0.2, -0.15) is 5.26 Å². The number of nitrogens with one attached hydrogen (secondary N) is 1. The number of hydrogen-bond donors (Lipinski definition) is 1. The highest BCUT2D eigenvalue weighted by Gasteiger charge is 2.41. The van der Waals surface area contributed by atoms with Gasteiger partial charge in [0.1, 0.15) is 0 Å². The molecule has 0 spiro atoms. The largest absolute Gasteiger partial charge is 0.316 e. The van der Waals surface area contributed by atoms with E-state index in [1.54, 1.807) is 0 Å². The van der Waals surface area contributed by atoms with Gasteiger partial charge < -0.3 is 5.32 Å². The van der Waals surface area contributed by atoms with Gasteiger partial charge in [-0.1, -0.05) is 6.07 Å². The first kappa shape index (κ1) is 11.1. The summed E-state index contributed by atoms with van der Waals surface area (Å²) in [6.07, 6.45) is 5.90. The Kier molecular flexibility index (Phi) is 3.53. The van der Waals surface area contributed by atoms with Gasteiger partial charge in [0, 0.05) is 37.8 Å². The van der Waals surface area contributed by atoms with E-state index < -0.39 is 0 Å². The van der Waals surface area contributed by atoms with Crippen LogP contribution in [0.25, 0.3) is 0 Å². The molecule has 1 aromatic rings. The lowest BCUT2D eigenvalue weighted by molar-refractivity contribution is 0.468. The second-order valence-electron chi connectivity index (χ2n) is 4.58. The van der Waals surface area contributed by atoms with Gasteiger partial charge in [0.15, 0.2) is 0 Å². The van der Waals surface area contributed by atoms with Crippen LogP contribution in [0.4, 0.5) is 0 Å². The van der Waals surface area contributed by atoms with E-state index >= 15 is 0 Å². The van der Waals surface area contributed by atoms with E-state index in [9.17, 15) is 0 Å². The predicted molar refractivity (Wildman–Crippen MR) is 62.7 cm³/mol. The van der Waals surface area contributed by atoms with E-state index in [2.05, 4.69) is 16.4 Å². The minimum Gasteiger partial charge on any atom is -0.316 e. The summed E-state index contributed by atoms with van der Waals surface area (Å²) in [5, 5.41) is 12.1. The lowest BCUT2D eigenvalue weighted by Crippen LogP contribution is -2.26. The van der Waals surface area contributed by atoms with Crippen LogP contribution in [-0.2, 0) is 6.42 Å². The fourth-order valence-corrected chi connectivity index (χ4v) is 1.88. The zero-order valence-electron chi connectivity index (χ0n) is 9.45. The second-order valence-corrected chi connectivity index (χ2v) is 4.58. The van der Waals surface area contributed by atoms with Crippen LogP contribution in [0.1, 0.15) is 25.0 Å². The summed E-state index contributed by atoms with van der Waals surface area (Å²) in [4.78, 5) is 4.27. The van der Waals surface area contributed by atoms with E-state index in [4.69, 9.17) is 5.26 Å². The minimum absolute atomic E-state index is 0.304. The number of nitriles is 1. The van der Waals surface area contributed by atoms with Crippen molar-refractivity contribution in [3.05, 3.63) is 30.1 Å². The predicted octanol–water partition coefficient (Wildman–Crippen LogP) is 1.91. The van der Waals surface area contributed by atoms with Crippen molar-refractivity contribution in [1.29, 1.82) is 5.26 Å². The lowest BCUT2D eigenvalue weighted by Gasteiger charge is -2.11. The van der Waals surface area contributed by atoms with Crippen molar-refractivity contribution >= 4 is 0 Å². The van der Waals surface area contributed by atoms with Crippen molar-refractivity contribution in [2.75, 3.05) is 13.1 Å². The highest BCUT2D eigenvalue weighted by molar-refractivity contribution is 5.04. The molecule has 3 heteroatoms. The van der Waals surface area contributed by atoms with Crippen molar-refractivity contribution in [3.63, 3.8) is 0 Å². The third kappa shape index (κ3) is 3.04. The highest BCUT2D eigenvalue weighted by Crippen LogP contribution is 2.47. The summed E-state index contributed by atoms with van der Waals surface area (Å²) in [6, 6.07) is 8.27. The Labute approximate surface area is 96.5 Å². The molecule has 0 aliphatic heterocycles. The van der Waals surface area contributed by atoms with Crippen LogP contribution in [-0.4, -0.2) is 18.1 Å². The molecule has 0 amide bonds. The monoisotopic (exact) mass is 215 g/mol. The zero-order valence-corrected chi connectivity index (χ0v) is 9.45. The number of pyridine rings is 1. The van der Waals surface area contributed by atoms with E-state index in [0.29, 0.717) is 11.8 Å². The van der Waals surface area contributed by atoms with Gasteiger partial charge in [0.2, 0.25) is 0 Å². The van der Waals surface area contributed by atoms with E-state index in [0.717, 1.165) is 25.2 Å². The molecule has 1 aromatic heterocycles. The van der Waals surface area contributed by atoms with Gasteiger partial charge >= 0.3 is 0 Å². The molecular formula is C13H17N3. The molecule has 0 atom stereocenters. The summed E-state index contributed by atoms with van der Waals surface area (Å²) in [7, 11) is 0. The maximum absolute atomic E-state index is 8.69. The molecule has 1 N–H and O–H groups in total. The highest BCUT2D eigenvalue weighted by atomic mass is 14.9. The van der Waals surface area contributed by atoms with Crippen molar-refractivity contribution in [3.8, 4) is 6.07 Å². The maximum atomic E-state index is 8.69. The first-order valence-electron chi connectivity index (χ1n) is 5.82. The molecule has 16 heavy (non-hydrogen) atoms. The average molecular weight is 215 g/mol. The summed E-state index contributed by atoms with van der Waals surface area (Å²) in [5.41, 5.74) is 1.43. The summed E-state index contributed by atoms with van der Waals surface area (Å²) >= 11 is 0. The molecule has 0 bridgehead atoms. The smallest absolute Gasteiger partial charge is 0.0628 e. The van der Waals surface area contributed by atoms with Crippen LogP contribution in [0.15, 0.2) is 24.4 Å². The van der Waals surface area contributed by atoms with Gasteiger partial charge in [-0.05, 0) is 30.4 Å². The van der Waals surface area contributed by atoms with Crippen LogP contribution in [0.5, 0.6) is 0 Å². The molecule has 0 saturated heterocycles. The Bertz CT molecular complexity index is 363. The number of hydrogen-bond acceptors (Lipinski definition) is 3. The molecule has 84 valence electrons. The Morgan fingerprint density at radius 1 is 1.44 bits per heavy atom. The van der Waals surface area contributed by atoms with Crippen LogP contribution in [0.3, 0.4) is 0 Å². The molecule has 1 saturated carbocycles. The Morgan fingerprint density at radius 2 is 2.31 bits per heavy atom. The molecule has 1 heterocycles. The van der Waals surface area contributed by atoms with E-state index in [1.807, 2.05) is 24.4 Å². The normalized spacial score (nSPS) is 16.7. The quantitative estimate of drug-likeness (QED) is 0.737. The van der Waals surface area contributed by atoms with Gasteiger partial charge in [0.25, 0.3) is 0 Å². The lowest BCUT2D eigenvalue weighted by atomic mass is 10.0. The number of nitrogens with zero attached hydrogens (tertiary/aromatic N) is 2. The van der Waals surface area contributed by atoms with Gasteiger partial charge in [0.05, 0.1) is 6.07 Å². The standard InChI is InChI=1S/C13H17N3/c14-8-7-13(5-6-13)11-15-10-4-12-3-1-2-9-16-12/h1-3,9,15H,4-7,10-11H2. The Hall–Kier alpha value is -1.40. The molecule has 0 aromatic carbocycles. The summed E-state index contributed by atoms with van der Waals surface area (Å²) in [5.74, 6) is 0. The van der Waals surface area contributed by atoms with Gasteiger partial charge in [-0.25, -0.2) is 0 Å². The molecule has 3 nitrogen and oxygen atoms in total. The van der Waals surface area contributed by atoms with Crippen LogP contribution >= 0.6 is 0 Å². The van der Waals surface area contributed by atoms with Crippen molar-refractivity contribution in [2.24, 2.45) is 5.41 Å². The number of rotatable bonds is 6. The average Bonchev–Trinajstić information content (AvgIpc) is 3.07. The maximum Gasteiger partial charge on any atom is 0.0628 e. The molecule has 0 unspecified atom stereocenters. The fourth-order valence-electron chi connectivity index (χ4n) is 1.88. The van der Waals surface area contributed by atoms with E-state index in [1.165, 1.54) is 12.8 Å². The van der Waals surface area contributed by atoms with Gasteiger partial charge in [-0.3, -0.25) is 4.98 Å². The summed E-state index contributed by atoms with van der Waals surface area (Å²) in [6.45, 7) is 1.93. The fraction of sp³-hybridized carbons (Fsp3) is 0.538. The molecular weight excluding hydrogens is 198 g/mol. The number of aromatic nitrogens is 1. The molecule has 2 rings (SSSR count). The Morgan fingerprint density at radius 3 is 2.94 bits per heavy atom.